The number of hydrogen-bond donors (Lipinski definition) is 1. The molecule has 0 radical (unpaired) electrons. The average molecular weight is 271 g/mol. The predicted molar refractivity (Wildman–Crippen MR) is 70.8 cm³/mol. The van der Waals surface area contributed by atoms with E-state index in [9.17, 15) is 4.79 Å². The third kappa shape index (κ3) is 5.09. The molecule has 0 unspecified atom stereocenters. The van der Waals surface area contributed by atoms with E-state index in [4.69, 9.17) is 14.9 Å². The minimum absolute atomic E-state index is 0.184. The van der Waals surface area contributed by atoms with Crippen LogP contribution in [0.1, 0.15) is 32.4 Å². The molecule has 2 N–H and O–H groups in total. The molecule has 0 fully saturated rings. The first kappa shape index (κ1) is 17.1. The normalized spacial score (nSPS) is 12.2. The third-order valence-electron chi connectivity index (χ3n) is 1.99. The summed E-state index contributed by atoms with van der Waals surface area (Å²) < 4.78 is 14.6. The Hall–Kier alpha value is -1.89. The fraction of sp³-hybridized carbons (Fsp3) is 0.583. The lowest BCUT2D eigenvalue weighted by Crippen LogP contribution is -2.19. The van der Waals surface area contributed by atoms with E-state index in [-0.39, 0.29) is 12.4 Å². The first-order valence-electron chi connectivity index (χ1n) is 5.96. The number of ether oxygens (including phenoxy) is 2. The van der Waals surface area contributed by atoms with Crippen molar-refractivity contribution in [1.82, 2.24) is 4.98 Å². The maximum atomic E-state index is 11.2. The molecule has 7 nitrogen and oxygen atoms in total. The van der Waals surface area contributed by atoms with Crippen LogP contribution in [0.15, 0.2) is 15.7 Å². The number of nitrogens with two attached hydrogens (primary N) is 1. The summed E-state index contributed by atoms with van der Waals surface area (Å²) >= 11 is 0. The van der Waals surface area contributed by atoms with Gasteiger partial charge in [-0.25, -0.2) is 14.8 Å². The van der Waals surface area contributed by atoms with E-state index in [2.05, 4.69) is 14.7 Å². The van der Waals surface area contributed by atoms with Crippen molar-refractivity contribution in [2.45, 2.75) is 33.4 Å². The minimum atomic E-state index is -0.673. The Balaban J connectivity index is 0.00000154. The number of rotatable bonds is 4. The van der Waals surface area contributed by atoms with E-state index < -0.39 is 12.0 Å². The number of aromatic nitrogens is 1. The van der Waals surface area contributed by atoms with Crippen LogP contribution >= 0.6 is 0 Å². The predicted octanol–water partition coefficient (Wildman–Crippen LogP) is 1.11. The van der Waals surface area contributed by atoms with Crippen molar-refractivity contribution in [3.05, 3.63) is 17.8 Å². The SMILES string of the molecule is CC.COC(=O)[C@@H](C)N=C(OC)c1coc(CN)n1. The Morgan fingerprint density at radius 3 is 2.53 bits per heavy atom. The highest BCUT2D eigenvalue weighted by molar-refractivity contribution is 5.93. The molecule has 1 aromatic rings. The van der Waals surface area contributed by atoms with Crippen LogP contribution in [0.2, 0.25) is 0 Å². The molecule has 7 heteroatoms. The minimum Gasteiger partial charge on any atom is -0.480 e. The van der Waals surface area contributed by atoms with Crippen LogP contribution in [0.3, 0.4) is 0 Å². The lowest BCUT2D eigenvalue weighted by atomic mass is 10.3. The Morgan fingerprint density at radius 1 is 1.47 bits per heavy atom. The number of hydrogen-bond acceptors (Lipinski definition) is 7. The fourth-order valence-electron chi connectivity index (χ4n) is 1.13. The van der Waals surface area contributed by atoms with E-state index in [1.165, 1.54) is 20.5 Å². The quantitative estimate of drug-likeness (QED) is 0.500. The van der Waals surface area contributed by atoms with Gasteiger partial charge in [0.2, 0.25) is 11.8 Å². The van der Waals surface area contributed by atoms with Crippen molar-refractivity contribution in [2.75, 3.05) is 14.2 Å². The molecule has 1 heterocycles. The van der Waals surface area contributed by atoms with Gasteiger partial charge >= 0.3 is 5.97 Å². The van der Waals surface area contributed by atoms with E-state index in [0.29, 0.717) is 11.6 Å². The third-order valence-corrected chi connectivity index (χ3v) is 1.99. The van der Waals surface area contributed by atoms with Crippen LogP contribution in [-0.4, -0.2) is 37.1 Å². The van der Waals surface area contributed by atoms with E-state index in [1.54, 1.807) is 6.92 Å². The van der Waals surface area contributed by atoms with Gasteiger partial charge in [0.25, 0.3) is 0 Å². The molecule has 0 saturated heterocycles. The van der Waals surface area contributed by atoms with Crippen molar-refractivity contribution >= 4 is 11.9 Å². The van der Waals surface area contributed by atoms with Crippen molar-refractivity contribution < 1.29 is 18.7 Å². The first-order valence-corrected chi connectivity index (χ1v) is 5.96. The molecule has 0 saturated carbocycles. The van der Waals surface area contributed by atoms with Gasteiger partial charge in [-0.15, -0.1) is 0 Å². The largest absolute Gasteiger partial charge is 0.480 e. The Bertz CT molecular complexity index is 415. The van der Waals surface area contributed by atoms with Gasteiger partial charge in [0.05, 0.1) is 20.8 Å². The molecule has 19 heavy (non-hydrogen) atoms. The molecule has 0 aliphatic rings. The summed E-state index contributed by atoms with van der Waals surface area (Å²) in [5.41, 5.74) is 5.76. The lowest BCUT2D eigenvalue weighted by molar-refractivity contribution is -0.141. The van der Waals surface area contributed by atoms with Gasteiger partial charge in [0.15, 0.2) is 5.69 Å². The van der Waals surface area contributed by atoms with Crippen LogP contribution in [0.4, 0.5) is 0 Å². The number of methoxy groups -OCH3 is 2. The highest BCUT2D eigenvalue weighted by atomic mass is 16.5. The van der Waals surface area contributed by atoms with Crippen molar-refractivity contribution in [1.29, 1.82) is 0 Å². The second-order valence-electron chi connectivity index (χ2n) is 3.17. The zero-order valence-electron chi connectivity index (χ0n) is 12.0. The Morgan fingerprint density at radius 2 is 2.11 bits per heavy atom. The van der Waals surface area contributed by atoms with Crippen LogP contribution in [0.5, 0.6) is 0 Å². The molecule has 1 atom stereocenters. The maximum absolute atomic E-state index is 11.2. The molecule has 0 spiro atoms. The van der Waals surface area contributed by atoms with E-state index in [1.807, 2.05) is 13.8 Å². The summed E-state index contributed by atoms with van der Waals surface area (Å²) in [5.74, 6) is 0.115. The highest BCUT2D eigenvalue weighted by Crippen LogP contribution is 2.06. The van der Waals surface area contributed by atoms with Crippen molar-refractivity contribution in [2.24, 2.45) is 10.7 Å². The highest BCUT2D eigenvalue weighted by Gasteiger charge is 2.16. The average Bonchev–Trinajstić information content (AvgIpc) is 2.94. The van der Waals surface area contributed by atoms with Gasteiger partial charge in [-0.1, -0.05) is 13.8 Å². The smallest absolute Gasteiger partial charge is 0.330 e. The number of aliphatic imine (C=N–C) groups is 1. The summed E-state index contributed by atoms with van der Waals surface area (Å²) in [4.78, 5) is 19.3. The van der Waals surface area contributed by atoms with Crippen molar-refractivity contribution in [3.8, 4) is 0 Å². The molecular weight excluding hydrogens is 250 g/mol. The molecular formula is C12H21N3O4. The van der Waals surface area contributed by atoms with Gasteiger partial charge in [-0.2, -0.15) is 0 Å². The van der Waals surface area contributed by atoms with E-state index >= 15 is 0 Å². The van der Waals surface area contributed by atoms with Gasteiger partial charge in [-0.05, 0) is 6.92 Å². The van der Waals surface area contributed by atoms with Gasteiger partial charge < -0.3 is 19.6 Å². The monoisotopic (exact) mass is 271 g/mol. The molecule has 0 aliphatic carbocycles. The van der Waals surface area contributed by atoms with Crippen LogP contribution in [0.25, 0.3) is 0 Å². The number of carbonyl (C=O) groups excluding carboxylic acids is 1. The van der Waals surface area contributed by atoms with Gasteiger partial charge in [-0.3, -0.25) is 0 Å². The number of carbonyl (C=O) groups is 1. The molecule has 108 valence electrons. The molecule has 0 bridgehead atoms. The van der Waals surface area contributed by atoms with Crippen molar-refractivity contribution in [3.63, 3.8) is 0 Å². The molecule has 0 amide bonds. The molecule has 0 aliphatic heterocycles. The summed E-state index contributed by atoms with van der Waals surface area (Å²) in [7, 11) is 2.73. The summed E-state index contributed by atoms with van der Waals surface area (Å²) in [5, 5.41) is 0. The zero-order valence-corrected chi connectivity index (χ0v) is 12.0. The Kier molecular flexibility index (Phi) is 8.19. The van der Waals surface area contributed by atoms with Gasteiger partial charge in [0.1, 0.15) is 12.3 Å². The standard InChI is InChI=1S/C10H15N3O4.C2H6/c1-6(10(14)16-3)12-9(15-2)7-5-17-8(4-11)13-7;1-2/h5-6H,4,11H2,1-3H3;1-2H3/t6-;/m1./s1. The summed E-state index contributed by atoms with van der Waals surface area (Å²) in [6.45, 7) is 5.78. The van der Waals surface area contributed by atoms with Crippen LogP contribution < -0.4 is 5.73 Å². The topological polar surface area (TPSA) is 99.9 Å². The first-order chi connectivity index (χ1) is 9.12. The van der Waals surface area contributed by atoms with Gasteiger partial charge in [0, 0.05) is 0 Å². The van der Waals surface area contributed by atoms with E-state index in [0.717, 1.165) is 0 Å². The molecule has 1 aromatic heterocycles. The van der Waals surface area contributed by atoms with Crippen LogP contribution in [-0.2, 0) is 20.8 Å². The second-order valence-corrected chi connectivity index (χ2v) is 3.17. The number of esters is 1. The van der Waals surface area contributed by atoms with Crippen LogP contribution in [0, 0.1) is 0 Å². The fourth-order valence-corrected chi connectivity index (χ4v) is 1.13. The number of nitrogens with zero attached hydrogens (tertiary/aromatic N) is 2. The lowest BCUT2D eigenvalue weighted by Gasteiger charge is -2.06. The Labute approximate surface area is 112 Å². The maximum Gasteiger partial charge on any atom is 0.330 e. The number of oxazole rings is 1. The molecule has 1 rings (SSSR count). The summed E-state index contributed by atoms with van der Waals surface area (Å²) in [6.07, 6.45) is 1.37. The summed E-state index contributed by atoms with van der Waals surface area (Å²) in [6, 6.07) is -0.673. The second kappa shape index (κ2) is 9.09. The zero-order chi connectivity index (χ0) is 14.8. The molecule has 0 aromatic carbocycles.